The van der Waals surface area contributed by atoms with Gasteiger partial charge in [0.15, 0.2) is 0 Å². The van der Waals surface area contributed by atoms with E-state index in [-0.39, 0.29) is 0 Å². The topological polar surface area (TPSA) is 28.4 Å². The Kier molecular flexibility index (Phi) is 4.01. The molecular weight excluding hydrogens is 224 g/mol. The molecular formula is C15H24N2O. The molecule has 1 aromatic heterocycles. The molecule has 0 amide bonds. The molecule has 0 radical (unpaired) electrons. The summed E-state index contributed by atoms with van der Waals surface area (Å²) in [6.07, 6.45) is 10.8. The number of hydrogen-bond donors (Lipinski definition) is 1. The van der Waals surface area contributed by atoms with Crippen LogP contribution >= 0.6 is 0 Å². The van der Waals surface area contributed by atoms with Crippen molar-refractivity contribution < 1.29 is 4.42 Å². The van der Waals surface area contributed by atoms with E-state index in [4.69, 9.17) is 4.42 Å². The monoisotopic (exact) mass is 248 g/mol. The third-order valence-electron chi connectivity index (χ3n) is 4.49. The van der Waals surface area contributed by atoms with Gasteiger partial charge in [0, 0.05) is 37.8 Å². The van der Waals surface area contributed by atoms with Crippen LogP contribution in [0.5, 0.6) is 0 Å². The summed E-state index contributed by atoms with van der Waals surface area (Å²) in [4.78, 5) is 2.57. The van der Waals surface area contributed by atoms with E-state index in [1.54, 1.807) is 6.26 Å². The first-order valence-corrected chi connectivity index (χ1v) is 7.38. The van der Waals surface area contributed by atoms with Crippen molar-refractivity contribution in [2.24, 2.45) is 5.92 Å². The SMILES string of the molecule is c1cc(CN2CCNC(C3CCCCC3)C2)co1. The molecule has 1 aliphatic carbocycles. The highest BCUT2D eigenvalue weighted by atomic mass is 16.3. The molecule has 1 aliphatic heterocycles. The second-order valence-corrected chi connectivity index (χ2v) is 5.83. The van der Waals surface area contributed by atoms with Gasteiger partial charge in [0.1, 0.15) is 0 Å². The predicted octanol–water partition coefficient (Wildman–Crippen LogP) is 2.63. The molecule has 1 atom stereocenters. The van der Waals surface area contributed by atoms with Crippen LogP contribution in [0.3, 0.4) is 0 Å². The molecule has 2 heterocycles. The number of furan rings is 1. The van der Waals surface area contributed by atoms with Crippen LogP contribution in [-0.2, 0) is 6.54 Å². The Morgan fingerprint density at radius 3 is 2.94 bits per heavy atom. The van der Waals surface area contributed by atoms with Gasteiger partial charge >= 0.3 is 0 Å². The minimum Gasteiger partial charge on any atom is -0.472 e. The molecule has 2 fully saturated rings. The standard InChI is InChI=1S/C15H24N2O/c1-2-4-14(5-3-1)15-11-17(8-7-16-15)10-13-6-9-18-12-13/h6,9,12,14-16H,1-5,7-8,10-11H2. The molecule has 3 heteroatoms. The number of hydrogen-bond acceptors (Lipinski definition) is 3. The fourth-order valence-corrected chi connectivity index (χ4v) is 3.48. The average Bonchev–Trinajstić information content (AvgIpc) is 2.93. The molecule has 18 heavy (non-hydrogen) atoms. The van der Waals surface area contributed by atoms with E-state index in [1.807, 2.05) is 6.26 Å². The Morgan fingerprint density at radius 2 is 2.17 bits per heavy atom. The van der Waals surface area contributed by atoms with Crippen LogP contribution in [0.15, 0.2) is 23.0 Å². The highest BCUT2D eigenvalue weighted by molar-refractivity contribution is 5.05. The maximum Gasteiger partial charge on any atom is 0.0947 e. The van der Waals surface area contributed by atoms with Gasteiger partial charge in [-0.1, -0.05) is 19.3 Å². The summed E-state index contributed by atoms with van der Waals surface area (Å²) < 4.78 is 5.16. The summed E-state index contributed by atoms with van der Waals surface area (Å²) in [7, 11) is 0. The zero-order valence-electron chi connectivity index (χ0n) is 11.1. The van der Waals surface area contributed by atoms with Gasteiger partial charge < -0.3 is 9.73 Å². The van der Waals surface area contributed by atoms with E-state index in [1.165, 1.54) is 44.2 Å². The van der Waals surface area contributed by atoms with E-state index in [9.17, 15) is 0 Å². The summed E-state index contributed by atoms with van der Waals surface area (Å²) in [5.74, 6) is 0.908. The molecule has 1 saturated heterocycles. The van der Waals surface area contributed by atoms with Crippen LogP contribution < -0.4 is 5.32 Å². The van der Waals surface area contributed by atoms with Gasteiger partial charge in [-0.3, -0.25) is 4.90 Å². The summed E-state index contributed by atoms with van der Waals surface area (Å²) in [5, 5.41) is 3.73. The van der Waals surface area contributed by atoms with Crippen LogP contribution in [0.4, 0.5) is 0 Å². The molecule has 1 N–H and O–H groups in total. The molecule has 3 rings (SSSR count). The Balaban J connectivity index is 1.54. The lowest BCUT2D eigenvalue weighted by atomic mass is 9.83. The molecule has 0 aromatic carbocycles. The fraction of sp³-hybridized carbons (Fsp3) is 0.733. The van der Waals surface area contributed by atoms with Crippen molar-refractivity contribution in [3.8, 4) is 0 Å². The van der Waals surface area contributed by atoms with Gasteiger partial charge in [0.05, 0.1) is 12.5 Å². The smallest absolute Gasteiger partial charge is 0.0947 e. The first kappa shape index (κ1) is 12.2. The lowest BCUT2D eigenvalue weighted by Crippen LogP contribution is -2.53. The molecule has 1 unspecified atom stereocenters. The van der Waals surface area contributed by atoms with Crippen molar-refractivity contribution in [2.45, 2.75) is 44.7 Å². The van der Waals surface area contributed by atoms with Gasteiger partial charge in [0.25, 0.3) is 0 Å². The molecule has 0 bridgehead atoms. The quantitative estimate of drug-likeness (QED) is 0.891. The van der Waals surface area contributed by atoms with Crippen molar-refractivity contribution in [3.63, 3.8) is 0 Å². The lowest BCUT2D eigenvalue weighted by Gasteiger charge is -2.39. The van der Waals surface area contributed by atoms with Crippen LogP contribution in [0.1, 0.15) is 37.7 Å². The number of nitrogens with one attached hydrogen (secondary N) is 1. The van der Waals surface area contributed by atoms with Gasteiger partial charge in [-0.25, -0.2) is 0 Å². The highest BCUT2D eigenvalue weighted by Crippen LogP contribution is 2.27. The van der Waals surface area contributed by atoms with Crippen LogP contribution in [-0.4, -0.2) is 30.6 Å². The summed E-state index contributed by atoms with van der Waals surface area (Å²) >= 11 is 0. The van der Waals surface area contributed by atoms with Crippen molar-refractivity contribution in [1.29, 1.82) is 0 Å². The minimum absolute atomic E-state index is 0.714. The van der Waals surface area contributed by atoms with Crippen molar-refractivity contribution in [2.75, 3.05) is 19.6 Å². The van der Waals surface area contributed by atoms with Gasteiger partial charge in [0.2, 0.25) is 0 Å². The van der Waals surface area contributed by atoms with Crippen LogP contribution in [0.2, 0.25) is 0 Å². The van der Waals surface area contributed by atoms with Gasteiger partial charge in [-0.2, -0.15) is 0 Å². The van der Waals surface area contributed by atoms with E-state index in [0.29, 0.717) is 6.04 Å². The number of rotatable bonds is 3. The molecule has 3 nitrogen and oxygen atoms in total. The van der Waals surface area contributed by atoms with Crippen molar-refractivity contribution in [3.05, 3.63) is 24.2 Å². The predicted molar refractivity (Wildman–Crippen MR) is 72.4 cm³/mol. The number of piperazine rings is 1. The Morgan fingerprint density at radius 1 is 1.28 bits per heavy atom. The van der Waals surface area contributed by atoms with E-state index in [2.05, 4.69) is 16.3 Å². The van der Waals surface area contributed by atoms with E-state index < -0.39 is 0 Å². The van der Waals surface area contributed by atoms with Crippen molar-refractivity contribution in [1.82, 2.24) is 10.2 Å². The first-order valence-electron chi connectivity index (χ1n) is 7.38. The first-order chi connectivity index (χ1) is 8.92. The Hall–Kier alpha value is -0.800. The zero-order chi connectivity index (χ0) is 12.2. The Bertz CT molecular complexity index is 343. The maximum absolute atomic E-state index is 5.16. The number of nitrogens with zero attached hydrogens (tertiary/aromatic N) is 1. The van der Waals surface area contributed by atoms with E-state index >= 15 is 0 Å². The second-order valence-electron chi connectivity index (χ2n) is 5.83. The third-order valence-corrected chi connectivity index (χ3v) is 4.49. The molecule has 1 saturated carbocycles. The van der Waals surface area contributed by atoms with Gasteiger partial charge in [-0.05, 0) is 24.8 Å². The molecule has 0 spiro atoms. The Labute approximate surface area is 110 Å². The average molecular weight is 248 g/mol. The summed E-state index contributed by atoms with van der Waals surface area (Å²) in [6.45, 7) is 4.55. The highest BCUT2D eigenvalue weighted by Gasteiger charge is 2.27. The van der Waals surface area contributed by atoms with Crippen LogP contribution in [0, 0.1) is 5.92 Å². The lowest BCUT2D eigenvalue weighted by molar-refractivity contribution is 0.141. The normalized spacial score (nSPS) is 27.4. The molecule has 100 valence electrons. The fourth-order valence-electron chi connectivity index (χ4n) is 3.48. The van der Waals surface area contributed by atoms with E-state index in [0.717, 1.165) is 25.6 Å². The second kappa shape index (κ2) is 5.89. The van der Waals surface area contributed by atoms with Crippen LogP contribution in [0.25, 0.3) is 0 Å². The van der Waals surface area contributed by atoms with Crippen molar-refractivity contribution >= 4 is 0 Å². The zero-order valence-corrected chi connectivity index (χ0v) is 11.1. The summed E-state index contributed by atoms with van der Waals surface area (Å²) in [6, 6.07) is 2.79. The minimum atomic E-state index is 0.714. The largest absolute Gasteiger partial charge is 0.472 e. The maximum atomic E-state index is 5.16. The summed E-state index contributed by atoms with van der Waals surface area (Å²) in [5.41, 5.74) is 1.30. The third kappa shape index (κ3) is 2.96. The molecule has 2 aliphatic rings. The molecule has 1 aromatic rings. The van der Waals surface area contributed by atoms with Gasteiger partial charge in [-0.15, -0.1) is 0 Å².